The average molecular weight is 369 g/mol. The Bertz CT molecular complexity index is 708. The molecule has 0 saturated carbocycles. The summed E-state index contributed by atoms with van der Waals surface area (Å²) < 4.78 is 0. The van der Waals surface area contributed by atoms with Crippen LogP contribution in [0, 0.1) is 0 Å². The van der Waals surface area contributed by atoms with Crippen molar-refractivity contribution in [3.05, 3.63) is 48.0 Å². The molecule has 2 aromatic rings. The maximum atomic E-state index is 12.5. The summed E-state index contributed by atoms with van der Waals surface area (Å²) in [5.41, 5.74) is 2.09. The van der Waals surface area contributed by atoms with Gasteiger partial charge in [-0.15, -0.1) is 0 Å². The molecule has 1 aliphatic heterocycles. The fourth-order valence-electron chi connectivity index (χ4n) is 2.97. The molecule has 3 N–H and O–H groups in total. The van der Waals surface area contributed by atoms with Crippen LogP contribution in [0.25, 0.3) is 0 Å². The summed E-state index contributed by atoms with van der Waals surface area (Å²) in [7, 11) is 0. The van der Waals surface area contributed by atoms with E-state index >= 15 is 0 Å². The first-order chi connectivity index (χ1) is 13.2. The zero-order chi connectivity index (χ0) is 18.9. The first-order valence-electron chi connectivity index (χ1n) is 9.41. The Labute approximate surface area is 159 Å². The number of carbonyl (C=O) groups excluding carboxylic acids is 1. The van der Waals surface area contributed by atoms with Crippen molar-refractivity contribution in [3.63, 3.8) is 0 Å². The van der Waals surface area contributed by atoms with Crippen molar-refractivity contribution in [2.45, 2.75) is 32.5 Å². The Kier molecular flexibility index (Phi) is 7.06. The third-order valence-corrected chi connectivity index (χ3v) is 4.44. The van der Waals surface area contributed by atoms with E-state index in [9.17, 15) is 4.79 Å². The summed E-state index contributed by atoms with van der Waals surface area (Å²) in [6, 6.07) is 3.59. The zero-order valence-corrected chi connectivity index (χ0v) is 15.7. The van der Waals surface area contributed by atoms with E-state index in [1.54, 1.807) is 12.4 Å². The van der Waals surface area contributed by atoms with Crippen molar-refractivity contribution >= 4 is 11.9 Å². The van der Waals surface area contributed by atoms with E-state index in [0.717, 1.165) is 43.7 Å². The third-order valence-electron chi connectivity index (χ3n) is 4.44. The Morgan fingerprint density at radius 1 is 1.26 bits per heavy atom. The number of rotatable bonds is 8. The van der Waals surface area contributed by atoms with Crippen molar-refractivity contribution in [1.82, 2.24) is 30.5 Å². The lowest BCUT2D eigenvalue weighted by Gasteiger charge is -2.32. The molecule has 8 heteroatoms. The molecule has 1 saturated heterocycles. The highest BCUT2D eigenvalue weighted by atomic mass is 16.2. The van der Waals surface area contributed by atoms with E-state index in [1.807, 2.05) is 24.5 Å². The van der Waals surface area contributed by atoms with Crippen LogP contribution in [0.4, 0.5) is 5.95 Å². The minimum atomic E-state index is -0.216. The highest BCUT2D eigenvalue weighted by Crippen LogP contribution is 2.08. The van der Waals surface area contributed by atoms with Gasteiger partial charge in [0.05, 0.1) is 6.04 Å². The molecule has 0 spiro atoms. The van der Waals surface area contributed by atoms with E-state index in [2.05, 4.69) is 42.7 Å². The smallest absolute Gasteiger partial charge is 0.238 e. The van der Waals surface area contributed by atoms with Crippen molar-refractivity contribution < 1.29 is 4.79 Å². The Morgan fingerprint density at radius 3 is 2.78 bits per heavy atom. The fraction of sp³-hybridized carbons (Fsp3) is 0.474. The first kappa shape index (κ1) is 19.2. The molecule has 8 nitrogen and oxygen atoms in total. The van der Waals surface area contributed by atoms with E-state index < -0.39 is 0 Å². The second-order valence-corrected chi connectivity index (χ2v) is 6.66. The first-order valence-corrected chi connectivity index (χ1v) is 9.41. The van der Waals surface area contributed by atoms with Crippen LogP contribution < -0.4 is 16.0 Å². The van der Waals surface area contributed by atoms with Gasteiger partial charge in [-0.1, -0.05) is 6.92 Å². The fourth-order valence-corrected chi connectivity index (χ4v) is 2.97. The Morgan fingerprint density at radius 2 is 2.04 bits per heavy atom. The third kappa shape index (κ3) is 5.97. The van der Waals surface area contributed by atoms with Crippen LogP contribution in [0.1, 0.15) is 24.5 Å². The molecule has 1 amide bonds. The molecule has 27 heavy (non-hydrogen) atoms. The summed E-state index contributed by atoms with van der Waals surface area (Å²) >= 11 is 0. The monoisotopic (exact) mass is 369 g/mol. The number of nitrogens with one attached hydrogen (secondary N) is 3. The van der Waals surface area contributed by atoms with E-state index in [-0.39, 0.29) is 11.9 Å². The van der Waals surface area contributed by atoms with Gasteiger partial charge in [-0.05, 0) is 24.1 Å². The summed E-state index contributed by atoms with van der Waals surface area (Å²) in [6.45, 7) is 6.57. The van der Waals surface area contributed by atoms with Crippen molar-refractivity contribution in [3.8, 4) is 0 Å². The SMILES string of the molecule is CCCNc1ncc(CN2CCNC(C(=O)NCc3ccncc3)C2)cn1. The molecular formula is C19H27N7O. The molecule has 1 unspecified atom stereocenters. The Balaban J connectivity index is 1.47. The molecule has 0 radical (unpaired) electrons. The molecular weight excluding hydrogens is 342 g/mol. The van der Waals surface area contributed by atoms with Gasteiger partial charge in [0.15, 0.2) is 0 Å². The van der Waals surface area contributed by atoms with E-state index in [0.29, 0.717) is 19.0 Å². The van der Waals surface area contributed by atoms with Gasteiger partial charge in [0.2, 0.25) is 11.9 Å². The Hall–Kier alpha value is -2.58. The summed E-state index contributed by atoms with van der Waals surface area (Å²) in [5.74, 6) is 0.682. The largest absolute Gasteiger partial charge is 0.354 e. The van der Waals surface area contributed by atoms with Gasteiger partial charge in [-0.2, -0.15) is 0 Å². The minimum Gasteiger partial charge on any atom is -0.354 e. The van der Waals surface area contributed by atoms with E-state index in [4.69, 9.17) is 0 Å². The highest BCUT2D eigenvalue weighted by Gasteiger charge is 2.25. The average Bonchev–Trinajstić information content (AvgIpc) is 2.72. The topological polar surface area (TPSA) is 95.1 Å². The van der Waals surface area contributed by atoms with Gasteiger partial charge in [0, 0.05) is 69.6 Å². The van der Waals surface area contributed by atoms with Crippen molar-refractivity contribution in [1.29, 1.82) is 0 Å². The normalized spacial score (nSPS) is 17.4. The lowest BCUT2D eigenvalue weighted by molar-refractivity contribution is -0.124. The molecule has 0 aromatic carbocycles. The van der Waals surface area contributed by atoms with Crippen LogP contribution in [0.3, 0.4) is 0 Å². The van der Waals surface area contributed by atoms with Crippen LogP contribution in [0.5, 0.6) is 0 Å². The predicted molar refractivity (Wildman–Crippen MR) is 104 cm³/mol. The number of amides is 1. The second kappa shape index (κ2) is 9.94. The van der Waals surface area contributed by atoms with E-state index in [1.165, 1.54) is 0 Å². The number of pyridine rings is 1. The number of hydrogen-bond donors (Lipinski definition) is 3. The molecule has 3 heterocycles. The quantitative estimate of drug-likeness (QED) is 0.633. The molecule has 144 valence electrons. The van der Waals surface area contributed by atoms with Gasteiger partial charge in [0.1, 0.15) is 0 Å². The van der Waals surface area contributed by atoms with Crippen LogP contribution in [0.2, 0.25) is 0 Å². The number of hydrogen-bond acceptors (Lipinski definition) is 7. The number of piperazine rings is 1. The minimum absolute atomic E-state index is 0.0203. The van der Waals surface area contributed by atoms with Crippen molar-refractivity contribution in [2.75, 3.05) is 31.5 Å². The molecule has 0 bridgehead atoms. The number of nitrogens with zero attached hydrogens (tertiary/aromatic N) is 4. The summed E-state index contributed by atoms with van der Waals surface area (Å²) in [4.78, 5) is 27.4. The van der Waals surface area contributed by atoms with Gasteiger partial charge in [-0.3, -0.25) is 14.7 Å². The van der Waals surface area contributed by atoms with Gasteiger partial charge >= 0.3 is 0 Å². The van der Waals surface area contributed by atoms with Gasteiger partial charge in [0.25, 0.3) is 0 Å². The summed E-state index contributed by atoms with van der Waals surface area (Å²) in [5, 5.41) is 9.46. The zero-order valence-electron chi connectivity index (χ0n) is 15.7. The molecule has 3 rings (SSSR count). The molecule has 1 aliphatic rings. The van der Waals surface area contributed by atoms with Crippen LogP contribution >= 0.6 is 0 Å². The lowest BCUT2D eigenvalue weighted by Crippen LogP contribution is -2.56. The molecule has 2 aromatic heterocycles. The van der Waals surface area contributed by atoms with Gasteiger partial charge in [-0.25, -0.2) is 9.97 Å². The molecule has 1 fully saturated rings. The highest BCUT2D eigenvalue weighted by molar-refractivity contribution is 5.82. The standard InChI is InChI=1S/C19H27N7O/c1-2-5-22-19-24-11-16(12-25-19)13-26-9-8-21-17(14-26)18(27)23-10-15-3-6-20-7-4-15/h3-4,6-7,11-12,17,21H,2,5,8-10,13-14H2,1H3,(H,23,27)(H,22,24,25). The number of carbonyl (C=O) groups is 1. The van der Waals surface area contributed by atoms with Crippen molar-refractivity contribution in [2.24, 2.45) is 0 Å². The molecule has 1 atom stereocenters. The summed E-state index contributed by atoms with van der Waals surface area (Å²) in [6.07, 6.45) is 8.20. The van der Waals surface area contributed by atoms with Crippen LogP contribution in [-0.4, -0.2) is 58.0 Å². The van der Waals surface area contributed by atoms with Gasteiger partial charge < -0.3 is 16.0 Å². The van der Waals surface area contributed by atoms with Crippen LogP contribution in [0.15, 0.2) is 36.9 Å². The maximum absolute atomic E-state index is 12.5. The predicted octanol–water partition coefficient (Wildman–Crippen LogP) is 0.784. The second-order valence-electron chi connectivity index (χ2n) is 6.66. The maximum Gasteiger partial charge on any atom is 0.238 e. The van der Waals surface area contributed by atoms with Crippen LogP contribution in [-0.2, 0) is 17.9 Å². The lowest BCUT2D eigenvalue weighted by atomic mass is 10.1. The number of aromatic nitrogens is 3. The number of anilines is 1. The molecule has 0 aliphatic carbocycles.